The van der Waals surface area contributed by atoms with Crippen molar-refractivity contribution >= 4 is 6.29 Å². The first-order valence-corrected chi connectivity index (χ1v) is 6.47. The Morgan fingerprint density at radius 2 is 1.70 bits per heavy atom. The third kappa shape index (κ3) is 3.50. The van der Waals surface area contributed by atoms with E-state index in [9.17, 15) is 27.5 Å². The molecule has 122 valence electrons. The molecule has 2 aromatic carbocycles. The van der Waals surface area contributed by atoms with Gasteiger partial charge in [0, 0.05) is 11.6 Å². The number of aryl methyl sites for hydroxylation is 1. The molecule has 0 aliphatic heterocycles. The Labute approximate surface area is 129 Å². The molecule has 0 saturated heterocycles. The minimum atomic E-state index is -3.03. The number of carbonyl (C=O) groups is 1. The number of benzene rings is 2. The summed E-state index contributed by atoms with van der Waals surface area (Å²) in [6, 6.07) is 5.77. The Morgan fingerprint density at radius 1 is 1.09 bits per heavy atom. The lowest BCUT2D eigenvalue weighted by atomic mass is 9.86. The van der Waals surface area contributed by atoms with Gasteiger partial charge in [-0.3, -0.25) is 4.79 Å². The molecule has 1 N–H and O–H groups in total. The van der Waals surface area contributed by atoms with E-state index in [2.05, 4.69) is 4.74 Å². The Balaban J connectivity index is 2.51. The van der Waals surface area contributed by atoms with E-state index in [1.54, 1.807) is 0 Å². The van der Waals surface area contributed by atoms with Gasteiger partial charge in [0.1, 0.15) is 17.4 Å². The van der Waals surface area contributed by atoms with Crippen LogP contribution in [0.25, 0.3) is 0 Å². The van der Waals surface area contributed by atoms with Crippen molar-refractivity contribution < 1.29 is 32.2 Å². The maximum Gasteiger partial charge on any atom is 0.387 e. The highest BCUT2D eigenvalue weighted by atomic mass is 19.3. The molecule has 3 nitrogen and oxygen atoms in total. The summed E-state index contributed by atoms with van der Waals surface area (Å²) in [7, 11) is 0. The Hall–Kier alpha value is -2.41. The highest BCUT2D eigenvalue weighted by Crippen LogP contribution is 2.32. The highest BCUT2D eigenvalue weighted by Gasteiger charge is 2.33. The van der Waals surface area contributed by atoms with Crippen molar-refractivity contribution in [3.05, 3.63) is 64.7 Å². The summed E-state index contributed by atoms with van der Waals surface area (Å²) >= 11 is 0. The highest BCUT2D eigenvalue weighted by molar-refractivity contribution is 5.72. The van der Waals surface area contributed by atoms with Crippen LogP contribution in [-0.2, 0) is 10.4 Å². The number of ether oxygens (including phenoxy) is 1. The molecule has 0 aliphatic rings. The van der Waals surface area contributed by atoms with Crippen molar-refractivity contribution in [3.8, 4) is 5.75 Å². The predicted octanol–water partition coefficient (Wildman–Crippen LogP) is 3.31. The fourth-order valence-electron chi connectivity index (χ4n) is 2.19. The van der Waals surface area contributed by atoms with Gasteiger partial charge in [0.05, 0.1) is 0 Å². The van der Waals surface area contributed by atoms with Crippen LogP contribution in [0.15, 0.2) is 36.4 Å². The molecule has 0 amide bonds. The molecule has 2 aromatic rings. The summed E-state index contributed by atoms with van der Waals surface area (Å²) < 4.78 is 55.4. The first-order valence-electron chi connectivity index (χ1n) is 6.47. The predicted molar refractivity (Wildman–Crippen MR) is 73.2 cm³/mol. The molecule has 1 unspecified atom stereocenters. The van der Waals surface area contributed by atoms with Gasteiger partial charge in [0.25, 0.3) is 0 Å². The molecule has 0 fully saturated rings. The summed E-state index contributed by atoms with van der Waals surface area (Å²) in [6.07, 6.45) is 0.115. The summed E-state index contributed by atoms with van der Waals surface area (Å²) in [5.41, 5.74) is -2.44. The topological polar surface area (TPSA) is 46.5 Å². The summed E-state index contributed by atoms with van der Waals surface area (Å²) in [4.78, 5) is 11.4. The second kappa shape index (κ2) is 6.37. The van der Waals surface area contributed by atoms with Crippen LogP contribution in [0, 0.1) is 18.6 Å². The van der Waals surface area contributed by atoms with Crippen LogP contribution in [-0.4, -0.2) is 18.0 Å². The molecule has 1 atom stereocenters. The summed E-state index contributed by atoms with van der Waals surface area (Å²) in [5, 5.41) is 10.5. The SMILES string of the molecule is Cc1cc(C(O)(C=O)c2cc(F)cc(F)c2)ccc1OC(F)F. The fraction of sp³-hybridized carbons (Fsp3) is 0.188. The van der Waals surface area contributed by atoms with Gasteiger partial charge in [-0.2, -0.15) is 8.78 Å². The van der Waals surface area contributed by atoms with Crippen LogP contribution in [0.3, 0.4) is 0 Å². The van der Waals surface area contributed by atoms with Gasteiger partial charge in [-0.25, -0.2) is 8.78 Å². The van der Waals surface area contributed by atoms with E-state index < -0.39 is 23.8 Å². The van der Waals surface area contributed by atoms with Crippen molar-refractivity contribution in [3.63, 3.8) is 0 Å². The lowest BCUT2D eigenvalue weighted by Gasteiger charge is -2.24. The number of aldehydes is 1. The van der Waals surface area contributed by atoms with E-state index in [0.717, 1.165) is 18.2 Å². The number of hydrogen-bond donors (Lipinski definition) is 1. The first kappa shape index (κ1) is 17.0. The Kier molecular flexibility index (Phi) is 4.70. The van der Waals surface area contributed by atoms with Gasteiger partial charge < -0.3 is 9.84 Å². The van der Waals surface area contributed by atoms with Crippen LogP contribution in [0.5, 0.6) is 5.75 Å². The molecule has 23 heavy (non-hydrogen) atoms. The molecule has 0 aliphatic carbocycles. The van der Waals surface area contributed by atoms with E-state index in [4.69, 9.17) is 0 Å². The molecule has 0 heterocycles. The molecule has 0 spiro atoms. The number of alkyl halides is 2. The normalized spacial score (nSPS) is 13.7. The lowest BCUT2D eigenvalue weighted by Crippen LogP contribution is -2.29. The minimum absolute atomic E-state index is 0.0309. The Morgan fingerprint density at radius 3 is 2.17 bits per heavy atom. The van der Waals surface area contributed by atoms with Gasteiger partial charge in [-0.05, 0) is 42.3 Å². The standard InChI is InChI=1S/C16H12F4O3/c1-9-4-10(2-3-14(9)23-15(19)20)16(22,8-21)11-5-12(17)7-13(18)6-11/h2-8,15,22H,1H3. The maximum atomic E-state index is 13.3. The van der Waals surface area contributed by atoms with Gasteiger partial charge in [-0.1, -0.05) is 6.07 Å². The van der Waals surface area contributed by atoms with E-state index in [0.29, 0.717) is 6.07 Å². The van der Waals surface area contributed by atoms with Crippen LogP contribution in [0.2, 0.25) is 0 Å². The van der Waals surface area contributed by atoms with E-state index >= 15 is 0 Å². The molecule has 2 rings (SSSR count). The maximum absolute atomic E-state index is 13.3. The van der Waals surface area contributed by atoms with Crippen LogP contribution in [0.4, 0.5) is 17.6 Å². The van der Waals surface area contributed by atoms with Crippen molar-refractivity contribution in [2.24, 2.45) is 0 Å². The van der Waals surface area contributed by atoms with Crippen molar-refractivity contribution in [2.45, 2.75) is 19.1 Å². The van der Waals surface area contributed by atoms with Crippen molar-refractivity contribution in [2.75, 3.05) is 0 Å². The fourth-order valence-corrected chi connectivity index (χ4v) is 2.19. The Bertz CT molecular complexity index is 713. The number of halogens is 4. The van der Waals surface area contributed by atoms with Crippen LogP contribution < -0.4 is 4.74 Å². The second-order valence-electron chi connectivity index (χ2n) is 4.90. The van der Waals surface area contributed by atoms with Gasteiger partial charge in [0.2, 0.25) is 0 Å². The zero-order chi connectivity index (χ0) is 17.2. The first-order chi connectivity index (χ1) is 10.8. The quantitative estimate of drug-likeness (QED) is 0.677. The van der Waals surface area contributed by atoms with Crippen molar-refractivity contribution in [1.82, 2.24) is 0 Å². The van der Waals surface area contributed by atoms with Gasteiger partial charge in [-0.15, -0.1) is 0 Å². The number of aliphatic hydroxyl groups is 1. The van der Waals surface area contributed by atoms with Crippen LogP contribution in [0.1, 0.15) is 16.7 Å². The molecule has 0 radical (unpaired) electrons. The minimum Gasteiger partial charge on any atom is -0.435 e. The second-order valence-corrected chi connectivity index (χ2v) is 4.90. The number of hydrogen-bond acceptors (Lipinski definition) is 3. The third-order valence-corrected chi connectivity index (χ3v) is 3.30. The van der Waals surface area contributed by atoms with Gasteiger partial charge in [0.15, 0.2) is 11.9 Å². The molecule has 0 saturated carbocycles. The van der Waals surface area contributed by atoms with Crippen molar-refractivity contribution in [1.29, 1.82) is 0 Å². The molecular formula is C16H12F4O3. The summed E-state index contributed by atoms with van der Waals surface area (Å²) in [5.74, 6) is -2.06. The zero-order valence-corrected chi connectivity index (χ0v) is 11.9. The van der Waals surface area contributed by atoms with E-state index in [-0.39, 0.29) is 28.7 Å². The van der Waals surface area contributed by atoms with E-state index in [1.165, 1.54) is 19.1 Å². The third-order valence-electron chi connectivity index (χ3n) is 3.30. The number of rotatable bonds is 5. The average Bonchev–Trinajstić information content (AvgIpc) is 2.47. The lowest BCUT2D eigenvalue weighted by molar-refractivity contribution is -0.121. The molecular weight excluding hydrogens is 316 g/mol. The van der Waals surface area contributed by atoms with E-state index in [1.807, 2.05) is 0 Å². The van der Waals surface area contributed by atoms with Crippen LogP contribution >= 0.6 is 0 Å². The largest absolute Gasteiger partial charge is 0.435 e. The molecule has 0 bridgehead atoms. The van der Waals surface area contributed by atoms with Gasteiger partial charge >= 0.3 is 6.61 Å². The molecule has 0 aromatic heterocycles. The summed E-state index contributed by atoms with van der Waals surface area (Å²) in [6.45, 7) is -1.60. The monoisotopic (exact) mass is 328 g/mol. The number of carbonyl (C=O) groups excluding carboxylic acids is 1. The smallest absolute Gasteiger partial charge is 0.387 e. The molecule has 7 heteroatoms. The average molecular weight is 328 g/mol. The zero-order valence-electron chi connectivity index (χ0n) is 11.9.